The van der Waals surface area contributed by atoms with Gasteiger partial charge in [-0.2, -0.15) is 0 Å². The van der Waals surface area contributed by atoms with E-state index in [1.54, 1.807) is 0 Å². The first kappa shape index (κ1) is 10.8. The molecule has 0 amide bonds. The molecule has 90 valence electrons. The fourth-order valence-corrected chi connectivity index (χ4v) is 2.76. The molecular weight excluding hydrogens is 210 g/mol. The van der Waals surface area contributed by atoms with Crippen LogP contribution in [-0.2, 0) is 0 Å². The number of rotatable bonds is 2. The van der Waals surface area contributed by atoms with Crippen molar-refractivity contribution in [2.45, 2.75) is 32.2 Å². The molecule has 2 heterocycles. The number of hydrogen-bond donors (Lipinski definition) is 1. The van der Waals surface area contributed by atoms with Gasteiger partial charge in [0.25, 0.3) is 0 Å². The summed E-state index contributed by atoms with van der Waals surface area (Å²) in [5.41, 5.74) is 1.00. The molecule has 1 aromatic heterocycles. The van der Waals surface area contributed by atoms with Crippen LogP contribution in [0.25, 0.3) is 11.0 Å². The van der Waals surface area contributed by atoms with Crippen LogP contribution in [0.3, 0.4) is 0 Å². The number of para-hydroxylation sites is 1. The number of piperidine rings is 1. The molecule has 2 heteroatoms. The standard InChI is InChI=1S/C15H19NO/c1-2-11-7-8-16-13(9-11)15-10-12-5-3-4-6-14(12)17-15/h3-6,10-11,13,16H,2,7-9H2,1H3. The van der Waals surface area contributed by atoms with Gasteiger partial charge in [-0.05, 0) is 37.4 Å². The van der Waals surface area contributed by atoms with Crippen molar-refractivity contribution in [3.63, 3.8) is 0 Å². The summed E-state index contributed by atoms with van der Waals surface area (Å²) in [7, 11) is 0. The zero-order chi connectivity index (χ0) is 11.7. The van der Waals surface area contributed by atoms with Crippen LogP contribution in [0.15, 0.2) is 34.7 Å². The molecule has 0 radical (unpaired) electrons. The topological polar surface area (TPSA) is 25.2 Å². The van der Waals surface area contributed by atoms with Gasteiger partial charge < -0.3 is 9.73 Å². The molecule has 0 saturated carbocycles. The minimum Gasteiger partial charge on any atom is -0.459 e. The fourth-order valence-electron chi connectivity index (χ4n) is 2.76. The van der Waals surface area contributed by atoms with Gasteiger partial charge in [0.15, 0.2) is 0 Å². The van der Waals surface area contributed by atoms with Crippen LogP contribution >= 0.6 is 0 Å². The number of benzene rings is 1. The summed E-state index contributed by atoms with van der Waals surface area (Å²) in [6, 6.07) is 10.8. The van der Waals surface area contributed by atoms with Crippen molar-refractivity contribution in [1.29, 1.82) is 0 Å². The maximum absolute atomic E-state index is 5.94. The highest BCUT2D eigenvalue weighted by Gasteiger charge is 2.23. The van der Waals surface area contributed by atoms with Gasteiger partial charge in [-0.25, -0.2) is 0 Å². The predicted octanol–water partition coefficient (Wildman–Crippen LogP) is 3.88. The number of furan rings is 1. The first-order chi connectivity index (χ1) is 8.36. The monoisotopic (exact) mass is 229 g/mol. The van der Waals surface area contributed by atoms with Crippen LogP contribution in [0.5, 0.6) is 0 Å². The summed E-state index contributed by atoms with van der Waals surface area (Å²) < 4.78 is 5.94. The molecule has 0 spiro atoms. The Balaban J connectivity index is 1.87. The molecule has 1 aliphatic heterocycles. The van der Waals surface area contributed by atoms with Crippen molar-refractivity contribution in [3.8, 4) is 0 Å². The summed E-state index contributed by atoms with van der Waals surface area (Å²) in [6.45, 7) is 3.39. The molecule has 1 aromatic carbocycles. The van der Waals surface area contributed by atoms with E-state index in [1.807, 2.05) is 12.1 Å². The average molecular weight is 229 g/mol. The van der Waals surface area contributed by atoms with Crippen LogP contribution in [-0.4, -0.2) is 6.54 Å². The molecule has 2 atom stereocenters. The number of hydrogen-bond acceptors (Lipinski definition) is 2. The summed E-state index contributed by atoms with van der Waals surface area (Å²) in [5.74, 6) is 1.94. The third-order valence-electron chi connectivity index (χ3n) is 3.88. The van der Waals surface area contributed by atoms with Gasteiger partial charge in [-0.3, -0.25) is 0 Å². The van der Waals surface area contributed by atoms with Crippen molar-refractivity contribution in [2.75, 3.05) is 6.54 Å². The summed E-state index contributed by atoms with van der Waals surface area (Å²) in [6.07, 6.45) is 3.78. The summed E-state index contributed by atoms with van der Waals surface area (Å²) in [5, 5.41) is 4.78. The second kappa shape index (κ2) is 4.53. The Kier molecular flexibility index (Phi) is 2.89. The molecule has 1 fully saturated rings. The van der Waals surface area contributed by atoms with Crippen molar-refractivity contribution >= 4 is 11.0 Å². The van der Waals surface area contributed by atoms with Gasteiger partial charge >= 0.3 is 0 Å². The van der Waals surface area contributed by atoms with Crippen LogP contribution in [0.2, 0.25) is 0 Å². The zero-order valence-electron chi connectivity index (χ0n) is 10.3. The zero-order valence-corrected chi connectivity index (χ0v) is 10.3. The van der Waals surface area contributed by atoms with E-state index in [2.05, 4.69) is 30.4 Å². The van der Waals surface area contributed by atoms with E-state index >= 15 is 0 Å². The van der Waals surface area contributed by atoms with Gasteiger partial charge in [0.05, 0.1) is 6.04 Å². The Morgan fingerprint density at radius 1 is 1.35 bits per heavy atom. The lowest BCUT2D eigenvalue weighted by atomic mass is 9.89. The fraction of sp³-hybridized carbons (Fsp3) is 0.467. The van der Waals surface area contributed by atoms with E-state index < -0.39 is 0 Å². The van der Waals surface area contributed by atoms with E-state index in [0.29, 0.717) is 6.04 Å². The second-order valence-electron chi connectivity index (χ2n) is 4.99. The van der Waals surface area contributed by atoms with Crippen molar-refractivity contribution in [2.24, 2.45) is 5.92 Å². The minimum atomic E-state index is 0.404. The van der Waals surface area contributed by atoms with Crippen LogP contribution in [0.1, 0.15) is 38.0 Å². The smallest absolute Gasteiger partial charge is 0.134 e. The van der Waals surface area contributed by atoms with Crippen LogP contribution < -0.4 is 5.32 Å². The summed E-state index contributed by atoms with van der Waals surface area (Å²) in [4.78, 5) is 0. The lowest BCUT2D eigenvalue weighted by Gasteiger charge is -2.28. The maximum Gasteiger partial charge on any atom is 0.134 e. The Hall–Kier alpha value is -1.28. The molecule has 1 N–H and O–H groups in total. The Morgan fingerprint density at radius 3 is 3.06 bits per heavy atom. The van der Waals surface area contributed by atoms with E-state index in [9.17, 15) is 0 Å². The Bertz CT molecular complexity index is 469. The second-order valence-corrected chi connectivity index (χ2v) is 4.99. The van der Waals surface area contributed by atoms with E-state index in [-0.39, 0.29) is 0 Å². The third-order valence-corrected chi connectivity index (χ3v) is 3.88. The maximum atomic E-state index is 5.94. The Labute approximate surface area is 102 Å². The molecule has 2 nitrogen and oxygen atoms in total. The highest BCUT2D eigenvalue weighted by atomic mass is 16.3. The molecule has 2 aromatic rings. The molecule has 1 aliphatic rings. The first-order valence-electron chi connectivity index (χ1n) is 6.58. The molecule has 3 rings (SSSR count). The lowest BCUT2D eigenvalue weighted by molar-refractivity contribution is 0.274. The third kappa shape index (κ3) is 2.09. The van der Waals surface area contributed by atoms with Crippen LogP contribution in [0.4, 0.5) is 0 Å². The Morgan fingerprint density at radius 2 is 2.24 bits per heavy atom. The van der Waals surface area contributed by atoms with Crippen molar-refractivity contribution < 1.29 is 4.42 Å². The highest BCUT2D eigenvalue weighted by Crippen LogP contribution is 2.32. The van der Waals surface area contributed by atoms with E-state index in [0.717, 1.165) is 23.8 Å². The van der Waals surface area contributed by atoms with Gasteiger partial charge in [0.1, 0.15) is 11.3 Å². The quantitative estimate of drug-likeness (QED) is 0.845. The molecule has 2 unspecified atom stereocenters. The summed E-state index contributed by atoms with van der Waals surface area (Å²) >= 11 is 0. The number of nitrogens with one attached hydrogen (secondary N) is 1. The van der Waals surface area contributed by atoms with Gasteiger partial charge in [-0.15, -0.1) is 0 Å². The molecule has 0 aliphatic carbocycles. The molecule has 1 saturated heterocycles. The van der Waals surface area contributed by atoms with Crippen molar-refractivity contribution in [3.05, 3.63) is 36.1 Å². The van der Waals surface area contributed by atoms with Crippen molar-refractivity contribution in [1.82, 2.24) is 5.32 Å². The predicted molar refractivity (Wildman–Crippen MR) is 70.0 cm³/mol. The lowest BCUT2D eigenvalue weighted by Crippen LogP contribution is -2.31. The minimum absolute atomic E-state index is 0.404. The number of fused-ring (bicyclic) bond motifs is 1. The van der Waals surface area contributed by atoms with E-state index in [4.69, 9.17) is 4.42 Å². The molecule has 0 bridgehead atoms. The largest absolute Gasteiger partial charge is 0.459 e. The molecular formula is C15H19NO. The average Bonchev–Trinajstić information content (AvgIpc) is 2.82. The highest BCUT2D eigenvalue weighted by molar-refractivity contribution is 5.77. The van der Waals surface area contributed by atoms with Gasteiger partial charge in [0.2, 0.25) is 0 Å². The van der Waals surface area contributed by atoms with Crippen LogP contribution in [0, 0.1) is 5.92 Å². The normalized spacial score (nSPS) is 25.2. The molecule has 17 heavy (non-hydrogen) atoms. The SMILES string of the molecule is CCC1CCNC(c2cc3ccccc3o2)C1. The first-order valence-corrected chi connectivity index (χ1v) is 6.58. The van der Waals surface area contributed by atoms with E-state index in [1.165, 1.54) is 24.6 Å². The van der Waals surface area contributed by atoms with Gasteiger partial charge in [0, 0.05) is 5.39 Å². The van der Waals surface area contributed by atoms with Gasteiger partial charge in [-0.1, -0.05) is 31.5 Å².